The zero-order chi connectivity index (χ0) is 31.8. The summed E-state index contributed by atoms with van der Waals surface area (Å²) in [7, 11) is 4.15. The number of unbranched alkanes of at least 4 members (excludes halogenated alkanes) is 10. The third-order valence-electron chi connectivity index (χ3n) is 8.28. The SMILES string of the molecule is CCCCCCCCN(C)CCC(=O)OCc1ccccc1-c1ccccc1COC(=O)CCN(C)CCCCCCCC. The molecule has 0 bridgehead atoms. The maximum absolute atomic E-state index is 12.6. The first-order valence-electron chi connectivity index (χ1n) is 17.3. The average Bonchev–Trinajstić information content (AvgIpc) is 3.04. The zero-order valence-corrected chi connectivity index (χ0v) is 28.3. The second-order valence-corrected chi connectivity index (χ2v) is 12.3. The van der Waals surface area contributed by atoms with Crippen LogP contribution in [-0.2, 0) is 32.3 Å². The summed E-state index contributed by atoms with van der Waals surface area (Å²) in [5.74, 6) is -0.364. The molecular weight excluding hydrogens is 548 g/mol. The Balaban J connectivity index is 1.79. The minimum absolute atomic E-state index is 0.182. The number of carbonyl (C=O) groups excluding carboxylic acids is 2. The van der Waals surface area contributed by atoms with Gasteiger partial charge in [-0.3, -0.25) is 9.59 Å². The van der Waals surface area contributed by atoms with Crippen molar-refractivity contribution < 1.29 is 19.1 Å². The first-order chi connectivity index (χ1) is 21.4. The summed E-state index contributed by atoms with van der Waals surface area (Å²) in [4.78, 5) is 29.6. The highest BCUT2D eigenvalue weighted by atomic mass is 16.5. The van der Waals surface area contributed by atoms with Crippen LogP contribution in [-0.4, -0.2) is 62.0 Å². The molecule has 0 aliphatic rings. The summed E-state index contributed by atoms with van der Waals surface area (Å²) in [5, 5.41) is 0. The van der Waals surface area contributed by atoms with Gasteiger partial charge in [0.2, 0.25) is 0 Å². The van der Waals surface area contributed by atoms with Crippen molar-refractivity contribution in [2.45, 2.75) is 117 Å². The van der Waals surface area contributed by atoms with E-state index >= 15 is 0 Å². The zero-order valence-electron chi connectivity index (χ0n) is 28.3. The largest absolute Gasteiger partial charge is 0.461 e. The van der Waals surface area contributed by atoms with Crippen LogP contribution in [0.25, 0.3) is 11.1 Å². The molecule has 246 valence electrons. The molecule has 2 aromatic rings. The van der Waals surface area contributed by atoms with Gasteiger partial charge in [-0.2, -0.15) is 0 Å². The van der Waals surface area contributed by atoms with Crippen LogP contribution in [0.15, 0.2) is 48.5 Å². The first kappa shape index (κ1) is 37.5. The highest BCUT2D eigenvalue weighted by Crippen LogP contribution is 2.28. The van der Waals surface area contributed by atoms with Gasteiger partial charge in [0, 0.05) is 13.1 Å². The topological polar surface area (TPSA) is 59.1 Å². The number of ether oxygens (including phenoxy) is 2. The molecule has 0 atom stereocenters. The smallest absolute Gasteiger partial charge is 0.307 e. The summed E-state index contributed by atoms with van der Waals surface area (Å²) in [6.07, 6.45) is 16.0. The number of nitrogens with zero attached hydrogens (tertiary/aromatic N) is 2. The van der Waals surface area contributed by atoms with Gasteiger partial charge < -0.3 is 19.3 Å². The Morgan fingerprint density at radius 3 is 1.30 bits per heavy atom. The normalized spacial score (nSPS) is 11.3. The van der Waals surface area contributed by atoms with Crippen LogP contribution < -0.4 is 0 Å². The number of carbonyl (C=O) groups is 2. The van der Waals surface area contributed by atoms with Gasteiger partial charge in [0.15, 0.2) is 0 Å². The van der Waals surface area contributed by atoms with Crippen LogP contribution in [0.3, 0.4) is 0 Å². The van der Waals surface area contributed by atoms with Crippen LogP contribution in [0.5, 0.6) is 0 Å². The highest BCUT2D eigenvalue weighted by molar-refractivity contribution is 5.73. The lowest BCUT2D eigenvalue weighted by molar-refractivity contribution is -0.146. The average molecular weight is 609 g/mol. The quantitative estimate of drug-likeness (QED) is 0.0829. The van der Waals surface area contributed by atoms with Crippen molar-refractivity contribution in [2.24, 2.45) is 0 Å². The summed E-state index contributed by atoms with van der Waals surface area (Å²) in [6, 6.07) is 16.0. The van der Waals surface area contributed by atoms with Crippen LogP contribution in [0.4, 0.5) is 0 Å². The van der Waals surface area contributed by atoms with E-state index in [2.05, 4.69) is 37.7 Å². The van der Waals surface area contributed by atoms with Gasteiger partial charge in [-0.1, -0.05) is 127 Å². The second-order valence-electron chi connectivity index (χ2n) is 12.3. The number of esters is 2. The van der Waals surface area contributed by atoms with Crippen molar-refractivity contribution in [1.29, 1.82) is 0 Å². The minimum Gasteiger partial charge on any atom is -0.461 e. The molecule has 0 aliphatic heterocycles. The Bertz CT molecular complexity index is 973. The monoisotopic (exact) mass is 608 g/mol. The van der Waals surface area contributed by atoms with Gasteiger partial charge in [0.1, 0.15) is 13.2 Å². The van der Waals surface area contributed by atoms with E-state index in [1.165, 1.54) is 77.0 Å². The van der Waals surface area contributed by atoms with E-state index in [9.17, 15) is 9.59 Å². The molecule has 0 fully saturated rings. The predicted molar refractivity (Wildman–Crippen MR) is 182 cm³/mol. The van der Waals surface area contributed by atoms with Crippen molar-refractivity contribution >= 4 is 11.9 Å². The Morgan fingerprint density at radius 2 is 0.886 bits per heavy atom. The molecule has 0 N–H and O–H groups in total. The first-order valence-corrected chi connectivity index (χ1v) is 17.3. The third kappa shape index (κ3) is 16.4. The minimum atomic E-state index is -0.182. The lowest BCUT2D eigenvalue weighted by Crippen LogP contribution is -2.23. The van der Waals surface area contributed by atoms with Crippen LogP contribution >= 0.6 is 0 Å². The lowest BCUT2D eigenvalue weighted by atomic mass is 9.96. The summed E-state index contributed by atoms with van der Waals surface area (Å²) in [5.41, 5.74) is 3.87. The van der Waals surface area contributed by atoms with Crippen LogP contribution in [0, 0.1) is 0 Å². The van der Waals surface area contributed by atoms with Crippen molar-refractivity contribution in [2.75, 3.05) is 40.3 Å². The number of hydrogen-bond donors (Lipinski definition) is 0. The molecule has 0 spiro atoms. The molecule has 0 saturated heterocycles. The summed E-state index contributed by atoms with van der Waals surface area (Å²) >= 11 is 0. The molecular formula is C38H60N2O4. The molecule has 6 nitrogen and oxygen atoms in total. The van der Waals surface area contributed by atoms with Crippen LogP contribution in [0.2, 0.25) is 0 Å². The summed E-state index contributed by atoms with van der Waals surface area (Å²) < 4.78 is 11.4. The molecule has 0 aliphatic carbocycles. The maximum Gasteiger partial charge on any atom is 0.307 e. The van der Waals surface area contributed by atoms with Crippen molar-refractivity contribution in [3.63, 3.8) is 0 Å². The Kier molecular flexibility index (Phi) is 20.2. The Hall–Kier alpha value is -2.70. The van der Waals surface area contributed by atoms with Crippen molar-refractivity contribution in [3.05, 3.63) is 59.7 Å². The van der Waals surface area contributed by atoms with Crippen molar-refractivity contribution in [3.8, 4) is 11.1 Å². The van der Waals surface area contributed by atoms with Gasteiger partial charge in [0.05, 0.1) is 12.8 Å². The maximum atomic E-state index is 12.6. The molecule has 0 amide bonds. The molecule has 0 saturated carbocycles. The molecule has 6 heteroatoms. The Labute approximate surface area is 268 Å². The Morgan fingerprint density at radius 1 is 0.523 bits per heavy atom. The van der Waals surface area contributed by atoms with Gasteiger partial charge in [-0.25, -0.2) is 0 Å². The summed E-state index contributed by atoms with van der Waals surface area (Å²) in [6.45, 7) is 8.35. The van der Waals surface area contributed by atoms with Gasteiger partial charge in [0.25, 0.3) is 0 Å². The van der Waals surface area contributed by atoms with E-state index in [1.807, 2.05) is 48.5 Å². The second kappa shape index (κ2) is 23.7. The highest BCUT2D eigenvalue weighted by Gasteiger charge is 2.14. The number of rotatable bonds is 25. The molecule has 0 aromatic heterocycles. The molecule has 0 heterocycles. The van der Waals surface area contributed by atoms with Crippen LogP contribution in [0.1, 0.15) is 115 Å². The third-order valence-corrected chi connectivity index (χ3v) is 8.28. The van der Waals surface area contributed by atoms with E-state index in [0.29, 0.717) is 25.9 Å². The molecule has 0 unspecified atom stereocenters. The lowest BCUT2D eigenvalue weighted by Gasteiger charge is -2.17. The molecule has 0 radical (unpaired) electrons. The fourth-order valence-corrected chi connectivity index (χ4v) is 5.39. The van der Waals surface area contributed by atoms with Crippen molar-refractivity contribution in [1.82, 2.24) is 9.80 Å². The fourth-order valence-electron chi connectivity index (χ4n) is 5.39. The molecule has 2 rings (SSSR count). The molecule has 2 aromatic carbocycles. The predicted octanol–water partition coefficient (Wildman–Crippen LogP) is 8.80. The molecule has 44 heavy (non-hydrogen) atoms. The van der Waals surface area contributed by atoms with E-state index in [4.69, 9.17) is 9.47 Å². The fraction of sp³-hybridized carbons (Fsp3) is 0.632. The van der Waals surface area contributed by atoms with E-state index in [0.717, 1.165) is 35.3 Å². The van der Waals surface area contributed by atoms with E-state index < -0.39 is 0 Å². The van der Waals surface area contributed by atoms with E-state index in [1.54, 1.807) is 0 Å². The van der Waals surface area contributed by atoms with Gasteiger partial charge in [-0.05, 0) is 62.3 Å². The van der Waals surface area contributed by atoms with E-state index in [-0.39, 0.29) is 25.2 Å². The number of hydrogen-bond acceptors (Lipinski definition) is 6. The number of benzene rings is 2. The van der Waals surface area contributed by atoms with Gasteiger partial charge in [-0.15, -0.1) is 0 Å². The standard InChI is InChI=1S/C38H60N2O4/c1-5-7-9-11-13-19-27-39(3)29-25-37(41)43-31-33-21-15-17-23-35(33)36-24-18-16-22-34(36)32-44-38(42)26-30-40(4)28-20-14-12-10-8-6-2/h15-18,21-24H,5-14,19-20,25-32H2,1-4H3. The van der Waals surface area contributed by atoms with Gasteiger partial charge >= 0.3 is 11.9 Å².